The van der Waals surface area contributed by atoms with E-state index < -0.39 is 5.97 Å². The normalized spacial score (nSPS) is 10.9. The number of benzene rings is 2. The van der Waals surface area contributed by atoms with Gasteiger partial charge < -0.3 is 5.11 Å². The second kappa shape index (κ2) is 5.83. The standard InChI is InChI=1S/C19H12FN3O2/c20-14-8-6-13(7-9-14)15-10-17(19(24)25)23-18(21-15)11-16(22-23)12-4-2-1-3-5-12/h1-11H,(H,24,25). The first-order valence-electron chi connectivity index (χ1n) is 7.57. The molecule has 4 rings (SSSR count). The zero-order chi connectivity index (χ0) is 17.4. The van der Waals surface area contributed by atoms with Crippen molar-refractivity contribution in [2.45, 2.75) is 0 Å². The van der Waals surface area contributed by atoms with Gasteiger partial charge in [-0.05, 0) is 30.3 Å². The molecule has 0 saturated heterocycles. The lowest BCUT2D eigenvalue weighted by Crippen LogP contribution is -2.08. The van der Waals surface area contributed by atoms with E-state index in [2.05, 4.69) is 10.1 Å². The number of fused-ring (bicyclic) bond motifs is 1. The molecule has 0 saturated carbocycles. The predicted octanol–water partition coefficient (Wildman–Crippen LogP) is 3.90. The SMILES string of the molecule is O=C(O)c1cc(-c2ccc(F)cc2)nc2cc(-c3ccccc3)nn12. The van der Waals surface area contributed by atoms with Crippen molar-refractivity contribution in [3.8, 4) is 22.5 Å². The molecule has 1 N–H and O–H groups in total. The second-order valence-electron chi connectivity index (χ2n) is 5.50. The lowest BCUT2D eigenvalue weighted by atomic mass is 10.1. The fourth-order valence-electron chi connectivity index (χ4n) is 2.65. The fraction of sp³-hybridized carbons (Fsp3) is 0. The predicted molar refractivity (Wildman–Crippen MR) is 90.8 cm³/mol. The molecule has 0 atom stereocenters. The summed E-state index contributed by atoms with van der Waals surface area (Å²) in [5.74, 6) is -1.47. The van der Waals surface area contributed by atoms with Gasteiger partial charge in [0.15, 0.2) is 11.3 Å². The highest BCUT2D eigenvalue weighted by Gasteiger charge is 2.16. The summed E-state index contributed by atoms with van der Waals surface area (Å²) in [6.45, 7) is 0. The van der Waals surface area contributed by atoms with Crippen molar-refractivity contribution in [1.82, 2.24) is 14.6 Å². The van der Waals surface area contributed by atoms with E-state index in [0.29, 0.717) is 22.6 Å². The molecule has 0 radical (unpaired) electrons. The van der Waals surface area contributed by atoms with Crippen LogP contribution in [0.15, 0.2) is 66.7 Å². The summed E-state index contributed by atoms with van der Waals surface area (Å²) >= 11 is 0. The van der Waals surface area contributed by atoms with Crippen molar-refractivity contribution in [1.29, 1.82) is 0 Å². The molecular formula is C19H12FN3O2. The summed E-state index contributed by atoms with van der Waals surface area (Å²) in [7, 11) is 0. The number of hydrogen-bond acceptors (Lipinski definition) is 3. The Morgan fingerprint density at radius 2 is 1.60 bits per heavy atom. The minimum absolute atomic E-state index is 0.00786. The minimum atomic E-state index is -1.11. The number of aromatic carboxylic acids is 1. The number of carboxylic acid groups (broad SMARTS) is 1. The summed E-state index contributed by atoms with van der Waals surface area (Å²) < 4.78 is 14.4. The van der Waals surface area contributed by atoms with E-state index in [4.69, 9.17) is 0 Å². The average molecular weight is 333 g/mol. The smallest absolute Gasteiger partial charge is 0.354 e. The van der Waals surface area contributed by atoms with E-state index in [1.54, 1.807) is 18.2 Å². The largest absolute Gasteiger partial charge is 0.477 e. The molecule has 5 nitrogen and oxygen atoms in total. The maximum absolute atomic E-state index is 13.1. The van der Waals surface area contributed by atoms with Gasteiger partial charge in [-0.25, -0.2) is 18.7 Å². The first-order chi connectivity index (χ1) is 12.1. The summed E-state index contributed by atoms with van der Waals surface area (Å²) in [4.78, 5) is 16.1. The number of carbonyl (C=O) groups is 1. The van der Waals surface area contributed by atoms with Crippen LogP contribution < -0.4 is 0 Å². The number of aromatic nitrogens is 3. The Balaban J connectivity index is 1.93. The van der Waals surface area contributed by atoms with E-state index in [-0.39, 0.29) is 11.5 Å². The number of rotatable bonds is 3. The number of carboxylic acids is 1. The van der Waals surface area contributed by atoms with Gasteiger partial charge in [-0.1, -0.05) is 30.3 Å². The molecule has 0 aliphatic rings. The van der Waals surface area contributed by atoms with Gasteiger partial charge in [-0.15, -0.1) is 0 Å². The van der Waals surface area contributed by atoms with Gasteiger partial charge in [-0.2, -0.15) is 5.10 Å². The quantitative estimate of drug-likeness (QED) is 0.617. The molecule has 0 bridgehead atoms. The Labute approximate surface area is 142 Å². The van der Waals surface area contributed by atoms with Gasteiger partial charge in [-0.3, -0.25) is 0 Å². The number of hydrogen-bond donors (Lipinski definition) is 1. The van der Waals surface area contributed by atoms with Crippen molar-refractivity contribution in [2.24, 2.45) is 0 Å². The monoisotopic (exact) mass is 333 g/mol. The summed E-state index contributed by atoms with van der Waals surface area (Å²) in [6.07, 6.45) is 0. The lowest BCUT2D eigenvalue weighted by molar-refractivity contribution is 0.0687. The van der Waals surface area contributed by atoms with Crippen molar-refractivity contribution < 1.29 is 14.3 Å². The Hall–Kier alpha value is -3.54. The molecule has 0 aliphatic carbocycles. The van der Waals surface area contributed by atoms with Crippen LogP contribution in [0.3, 0.4) is 0 Å². The molecule has 0 amide bonds. The van der Waals surface area contributed by atoms with Gasteiger partial charge in [0, 0.05) is 17.2 Å². The molecule has 0 aliphatic heterocycles. The zero-order valence-corrected chi connectivity index (χ0v) is 12.9. The van der Waals surface area contributed by atoms with E-state index in [1.807, 2.05) is 30.3 Å². The Morgan fingerprint density at radius 1 is 0.920 bits per heavy atom. The number of halogens is 1. The molecule has 6 heteroatoms. The average Bonchev–Trinajstić information content (AvgIpc) is 3.06. The highest BCUT2D eigenvalue weighted by Crippen LogP contribution is 2.24. The van der Waals surface area contributed by atoms with Gasteiger partial charge >= 0.3 is 5.97 Å². The van der Waals surface area contributed by atoms with Crippen LogP contribution in [0.1, 0.15) is 10.5 Å². The van der Waals surface area contributed by atoms with Crippen molar-refractivity contribution in [2.75, 3.05) is 0 Å². The highest BCUT2D eigenvalue weighted by atomic mass is 19.1. The molecule has 0 fully saturated rings. The lowest BCUT2D eigenvalue weighted by Gasteiger charge is -2.05. The highest BCUT2D eigenvalue weighted by molar-refractivity contribution is 5.88. The summed E-state index contributed by atoms with van der Waals surface area (Å²) in [5, 5.41) is 13.9. The maximum atomic E-state index is 13.1. The van der Waals surface area contributed by atoms with E-state index >= 15 is 0 Å². The zero-order valence-electron chi connectivity index (χ0n) is 12.9. The molecule has 2 aromatic heterocycles. The summed E-state index contributed by atoms with van der Waals surface area (Å²) in [5.41, 5.74) is 2.99. The molecule has 0 unspecified atom stereocenters. The van der Waals surface area contributed by atoms with Crippen LogP contribution in [0.25, 0.3) is 28.2 Å². The van der Waals surface area contributed by atoms with E-state index in [1.165, 1.54) is 22.7 Å². The molecule has 4 aromatic rings. The summed E-state index contributed by atoms with van der Waals surface area (Å²) in [6, 6.07) is 18.4. The Kier molecular flexibility index (Phi) is 3.50. The van der Waals surface area contributed by atoms with Crippen molar-refractivity contribution in [3.05, 3.63) is 78.2 Å². The third-order valence-corrected chi connectivity index (χ3v) is 3.86. The van der Waals surface area contributed by atoms with E-state index in [9.17, 15) is 14.3 Å². The van der Waals surface area contributed by atoms with Crippen LogP contribution in [-0.2, 0) is 0 Å². The molecule has 25 heavy (non-hydrogen) atoms. The van der Waals surface area contributed by atoms with Crippen LogP contribution in [0, 0.1) is 5.82 Å². The van der Waals surface area contributed by atoms with Gasteiger partial charge in [0.05, 0.1) is 11.4 Å². The van der Waals surface area contributed by atoms with E-state index in [0.717, 1.165) is 5.56 Å². The van der Waals surface area contributed by atoms with Crippen LogP contribution in [-0.4, -0.2) is 25.7 Å². The van der Waals surface area contributed by atoms with Gasteiger partial charge in [0.1, 0.15) is 5.82 Å². The van der Waals surface area contributed by atoms with Gasteiger partial charge in [0.25, 0.3) is 0 Å². The van der Waals surface area contributed by atoms with Crippen LogP contribution in [0.5, 0.6) is 0 Å². The third-order valence-electron chi connectivity index (χ3n) is 3.86. The van der Waals surface area contributed by atoms with Gasteiger partial charge in [0.2, 0.25) is 0 Å². The van der Waals surface area contributed by atoms with Crippen molar-refractivity contribution >= 4 is 11.6 Å². The first-order valence-corrected chi connectivity index (χ1v) is 7.57. The second-order valence-corrected chi connectivity index (χ2v) is 5.50. The molecular weight excluding hydrogens is 321 g/mol. The fourth-order valence-corrected chi connectivity index (χ4v) is 2.65. The minimum Gasteiger partial charge on any atom is -0.477 e. The maximum Gasteiger partial charge on any atom is 0.354 e. The molecule has 2 heterocycles. The third kappa shape index (κ3) is 2.74. The van der Waals surface area contributed by atoms with Crippen molar-refractivity contribution in [3.63, 3.8) is 0 Å². The van der Waals surface area contributed by atoms with Crippen LogP contribution >= 0.6 is 0 Å². The topological polar surface area (TPSA) is 67.5 Å². The molecule has 0 spiro atoms. The molecule has 122 valence electrons. The Bertz CT molecular complexity index is 1070. The van der Waals surface area contributed by atoms with Crippen LogP contribution in [0.2, 0.25) is 0 Å². The number of nitrogens with zero attached hydrogens (tertiary/aromatic N) is 3. The Morgan fingerprint density at radius 3 is 2.28 bits per heavy atom. The first kappa shape index (κ1) is 15.0. The molecule has 2 aromatic carbocycles. The van der Waals surface area contributed by atoms with Crippen LogP contribution in [0.4, 0.5) is 4.39 Å².